The topological polar surface area (TPSA) is 69.6 Å². The van der Waals surface area contributed by atoms with Gasteiger partial charge in [-0.25, -0.2) is 0 Å². The van der Waals surface area contributed by atoms with Crippen LogP contribution in [0.1, 0.15) is 45.4 Å². The van der Waals surface area contributed by atoms with E-state index in [-0.39, 0.29) is 12.5 Å². The number of hydrogen-bond donors (Lipinski definition) is 2. The molecule has 2 aliphatic carbocycles. The Labute approximate surface area is 113 Å². The van der Waals surface area contributed by atoms with Gasteiger partial charge in [-0.15, -0.1) is 0 Å². The highest BCUT2D eigenvalue weighted by atomic mass is 16.4. The van der Waals surface area contributed by atoms with Gasteiger partial charge in [0.25, 0.3) is 0 Å². The molecule has 0 spiro atoms. The van der Waals surface area contributed by atoms with Gasteiger partial charge < -0.3 is 10.0 Å². The number of carboxylic acids is 1. The van der Waals surface area contributed by atoms with Crippen LogP contribution in [0, 0.1) is 0 Å². The Hall–Kier alpha value is -1.36. The van der Waals surface area contributed by atoms with Crippen LogP contribution in [0.5, 0.6) is 0 Å². The van der Waals surface area contributed by atoms with Gasteiger partial charge in [-0.2, -0.15) is 0 Å². The minimum atomic E-state index is -0.928. The van der Waals surface area contributed by atoms with Gasteiger partial charge >= 0.3 is 5.97 Å². The van der Waals surface area contributed by atoms with Crippen molar-refractivity contribution in [2.75, 3.05) is 6.54 Å². The van der Waals surface area contributed by atoms with Crippen molar-refractivity contribution in [3.63, 3.8) is 0 Å². The lowest BCUT2D eigenvalue weighted by molar-refractivity contribution is -0.139. The summed E-state index contributed by atoms with van der Waals surface area (Å²) in [6.45, 7) is 1.65. The third-order valence-electron chi connectivity index (χ3n) is 3.69. The van der Waals surface area contributed by atoms with E-state index in [0.717, 1.165) is 37.8 Å². The van der Waals surface area contributed by atoms with Gasteiger partial charge in [-0.3, -0.25) is 14.9 Å². The monoisotopic (exact) mass is 266 g/mol. The Morgan fingerprint density at radius 1 is 1.47 bits per heavy atom. The first-order chi connectivity index (χ1) is 9.09. The number of aliphatic carboxylic acids is 1. The fourth-order valence-electron chi connectivity index (χ4n) is 2.38. The molecule has 1 atom stereocenters. The maximum Gasteiger partial charge on any atom is 0.320 e. The van der Waals surface area contributed by atoms with Crippen LogP contribution in [0.25, 0.3) is 0 Å². The van der Waals surface area contributed by atoms with E-state index in [2.05, 4.69) is 11.4 Å². The Balaban J connectivity index is 1.93. The molecule has 0 radical (unpaired) electrons. The molecule has 0 aliphatic heterocycles. The molecule has 1 saturated carbocycles. The van der Waals surface area contributed by atoms with Gasteiger partial charge in [-0.05, 0) is 45.4 Å². The normalized spacial score (nSPS) is 20.6. The summed E-state index contributed by atoms with van der Waals surface area (Å²) in [5, 5.41) is 11.6. The number of carbonyl (C=O) groups is 2. The SMILES string of the molecule is C[C@H](NCC(=O)N(C1=CCCCC1)C1CC1)C(=O)O. The molecule has 0 unspecified atom stereocenters. The molecule has 2 rings (SSSR count). The zero-order valence-corrected chi connectivity index (χ0v) is 11.4. The van der Waals surface area contributed by atoms with E-state index in [1.54, 1.807) is 6.92 Å². The minimum Gasteiger partial charge on any atom is -0.480 e. The average molecular weight is 266 g/mol. The number of rotatable bonds is 6. The van der Waals surface area contributed by atoms with E-state index in [4.69, 9.17) is 5.11 Å². The van der Waals surface area contributed by atoms with Crippen molar-refractivity contribution >= 4 is 11.9 Å². The van der Waals surface area contributed by atoms with Crippen molar-refractivity contribution in [1.82, 2.24) is 10.2 Å². The van der Waals surface area contributed by atoms with E-state index >= 15 is 0 Å². The molecule has 0 heterocycles. The fraction of sp³-hybridized carbons (Fsp3) is 0.714. The molecule has 19 heavy (non-hydrogen) atoms. The van der Waals surface area contributed by atoms with E-state index < -0.39 is 12.0 Å². The summed E-state index contributed by atoms with van der Waals surface area (Å²) < 4.78 is 0. The Morgan fingerprint density at radius 3 is 2.74 bits per heavy atom. The molecule has 1 fully saturated rings. The zero-order valence-electron chi connectivity index (χ0n) is 11.4. The number of carboxylic acid groups (broad SMARTS) is 1. The van der Waals surface area contributed by atoms with Gasteiger partial charge in [-0.1, -0.05) is 6.08 Å². The Kier molecular flexibility index (Phi) is 4.58. The summed E-state index contributed by atoms with van der Waals surface area (Å²) >= 11 is 0. The highest BCUT2D eigenvalue weighted by Crippen LogP contribution is 2.33. The van der Waals surface area contributed by atoms with Gasteiger partial charge in [0, 0.05) is 11.7 Å². The van der Waals surface area contributed by atoms with Crippen molar-refractivity contribution in [2.24, 2.45) is 0 Å². The molecule has 2 N–H and O–H groups in total. The van der Waals surface area contributed by atoms with Crippen LogP contribution in [0.15, 0.2) is 11.8 Å². The fourth-order valence-corrected chi connectivity index (χ4v) is 2.38. The highest BCUT2D eigenvalue weighted by Gasteiger charge is 2.34. The summed E-state index contributed by atoms with van der Waals surface area (Å²) in [6.07, 6.45) is 8.66. The average Bonchev–Trinajstić information content (AvgIpc) is 3.22. The van der Waals surface area contributed by atoms with Crippen molar-refractivity contribution in [3.8, 4) is 0 Å². The quantitative estimate of drug-likeness (QED) is 0.764. The molecule has 0 aromatic carbocycles. The predicted molar refractivity (Wildman–Crippen MR) is 71.5 cm³/mol. The van der Waals surface area contributed by atoms with E-state index in [1.165, 1.54) is 6.42 Å². The zero-order chi connectivity index (χ0) is 13.8. The van der Waals surface area contributed by atoms with Crippen LogP contribution in [0.3, 0.4) is 0 Å². The molecule has 0 aromatic rings. The van der Waals surface area contributed by atoms with Crippen molar-refractivity contribution < 1.29 is 14.7 Å². The first-order valence-electron chi connectivity index (χ1n) is 7.07. The lowest BCUT2D eigenvalue weighted by Gasteiger charge is -2.28. The van der Waals surface area contributed by atoms with Gasteiger partial charge in [0.05, 0.1) is 6.54 Å². The van der Waals surface area contributed by atoms with E-state index in [9.17, 15) is 9.59 Å². The molecular weight excluding hydrogens is 244 g/mol. The summed E-state index contributed by atoms with van der Waals surface area (Å²) in [6, 6.07) is -0.343. The molecule has 5 nitrogen and oxygen atoms in total. The van der Waals surface area contributed by atoms with Gasteiger partial charge in [0.15, 0.2) is 0 Å². The molecule has 1 amide bonds. The Morgan fingerprint density at radius 2 is 2.21 bits per heavy atom. The first kappa shape index (κ1) is 14.1. The van der Waals surface area contributed by atoms with Crippen LogP contribution in [0.2, 0.25) is 0 Å². The Bertz CT molecular complexity index is 388. The summed E-state index contributed by atoms with van der Waals surface area (Å²) in [4.78, 5) is 24.9. The lowest BCUT2D eigenvalue weighted by Crippen LogP contribution is -2.44. The molecule has 106 valence electrons. The smallest absolute Gasteiger partial charge is 0.320 e. The van der Waals surface area contributed by atoms with Crippen LogP contribution < -0.4 is 5.32 Å². The standard InChI is InChI=1S/C14H22N2O3/c1-10(14(18)19)15-9-13(17)16(12-7-8-12)11-5-3-2-4-6-11/h5,10,12,15H,2-4,6-9H2,1H3,(H,18,19)/t10-/m0/s1. The van der Waals surface area contributed by atoms with E-state index in [0.29, 0.717) is 6.04 Å². The second-order valence-corrected chi connectivity index (χ2v) is 5.38. The second kappa shape index (κ2) is 6.19. The number of allylic oxidation sites excluding steroid dienone is 2. The largest absolute Gasteiger partial charge is 0.480 e. The van der Waals surface area contributed by atoms with Gasteiger partial charge in [0.2, 0.25) is 5.91 Å². The summed E-state index contributed by atoms with van der Waals surface area (Å²) in [7, 11) is 0. The maximum absolute atomic E-state index is 12.3. The third kappa shape index (κ3) is 3.80. The molecule has 0 aromatic heterocycles. The van der Waals surface area contributed by atoms with E-state index in [1.807, 2.05) is 4.90 Å². The van der Waals surface area contributed by atoms with Crippen LogP contribution in [-0.4, -0.2) is 40.5 Å². The molecule has 0 saturated heterocycles. The highest BCUT2D eigenvalue weighted by molar-refractivity contribution is 5.82. The number of hydrogen-bond acceptors (Lipinski definition) is 3. The number of nitrogens with zero attached hydrogens (tertiary/aromatic N) is 1. The second-order valence-electron chi connectivity index (χ2n) is 5.38. The van der Waals surface area contributed by atoms with Crippen molar-refractivity contribution in [2.45, 2.75) is 57.5 Å². The minimum absolute atomic E-state index is 0.00347. The lowest BCUT2D eigenvalue weighted by atomic mass is 10.0. The molecule has 2 aliphatic rings. The predicted octanol–water partition coefficient (Wildman–Crippen LogP) is 1.50. The molecular formula is C14H22N2O3. The summed E-state index contributed by atoms with van der Waals surface area (Å²) in [5.41, 5.74) is 1.14. The van der Waals surface area contributed by atoms with Crippen molar-refractivity contribution in [1.29, 1.82) is 0 Å². The van der Waals surface area contributed by atoms with Gasteiger partial charge in [0.1, 0.15) is 6.04 Å². The summed E-state index contributed by atoms with van der Waals surface area (Å²) in [5.74, 6) is -0.925. The number of nitrogens with one attached hydrogen (secondary N) is 1. The molecule has 5 heteroatoms. The maximum atomic E-state index is 12.3. The number of amides is 1. The molecule has 0 bridgehead atoms. The van der Waals surface area contributed by atoms with Crippen molar-refractivity contribution in [3.05, 3.63) is 11.8 Å². The first-order valence-corrected chi connectivity index (χ1v) is 7.07. The van der Waals surface area contributed by atoms with Crippen LogP contribution >= 0.6 is 0 Å². The number of carbonyl (C=O) groups excluding carboxylic acids is 1. The van der Waals surface area contributed by atoms with Crippen LogP contribution in [-0.2, 0) is 9.59 Å². The third-order valence-corrected chi connectivity index (χ3v) is 3.69. The van der Waals surface area contributed by atoms with Crippen LogP contribution in [0.4, 0.5) is 0 Å².